The summed E-state index contributed by atoms with van der Waals surface area (Å²) in [6.07, 6.45) is 2.51. The van der Waals surface area contributed by atoms with Gasteiger partial charge in [-0.25, -0.2) is 0 Å². The summed E-state index contributed by atoms with van der Waals surface area (Å²) in [5, 5.41) is 3.89. The van der Waals surface area contributed by atoms with Crippen molar-refractivity contribution in [1.82, 2.24) is 10.2 Å². The molecule has 0 spiro atoms. The molecule has 0 saturated carbocycles. The van der Waals surface area contributed by atoms with Gasteiger partial charge in [0, 0.05) is 19.6 Å². The van der Waals surface area contributed by atoms with Gasteiger partial charge in [-0.15, -0.1) is 0 Å². The minimum absolute atomic E-state index is 0.708. The molecule has 1 rings (SSSR count). The van der Waals surface area contributed by atoms with Crippen molar-refractivity contribution >= 4 is 17.3 Å². The molecule has 1 aliphatic rings. The molecule has 2 nitrogen and oxygen atoms in total. The van der Waals surface area contributed by atoms with Crippen LogP contribution in [-0.4, -0.2) is 29.6 Å². The molecule has 1 unspecified atom stereocenters. The van der Waals surface area contributed by atoms with E-state index in [0.717, 1.165) is 11.7 Å². The summed E-state index contributed by atoms with van der Waals surface area (Å²) >= 11 is 5.09. The maximum atomic E-state index is 5.09. The fourth-order valence-corrected chi connectivity index (χ4v) is 1.52. The molecule has 0 aromatic heterocycles. The monoisotopic (exact) mass is 158 g/mol. The van der Waals surface area contributed by atoms with Crippen LogP contribution in [0.5, 0.6) is 0 Å². The lowest BCUT2D eigenvalue weighted by atomic mass is 10.0. The number of thiocarbonyl (C=S) groups is 1. The molecule has 3 heteroatoms. The van der Waals surface area contributed by atoms with Crippen molar-refractivity contribution in [2.24, 2.45) is 0 Å². The quantitative estimate of drug-likeness (QED) is 0.573. The van der Waals surface area contributed by atoms with Crippen LogP contribution in [0.3, 0.4) is 0 Å². The first-order valence-corrected chi connectivity index (χ1v) is 4.18. The largest absolute Gasteiger partial charge is 0.366 e. The maximum Gasteiger partial charge on any atom is 0.168 e. The minimum Gasteiger partial charge on any atom is -0.366 e. The Hall–Kier alpha value is -0.310. The smallest absolute Gasteiger partial charge is 0.168 e. The highest BCUT2D eigenvalue weighted by molar-refractivity contribution is 7.80. The van der Waals surface area contributed by atoms with Gasteiger partial charge in [-0.3, -0.25) is 0 Å². The summed E-state index contributed by atoms with van der Waals surface area (Å²) in [6, 6.07) is 0.708. The molecule has 0 aromatic rings. The van der Waals surface area contributed by atoms with E-state index in [1.807, 2.05) is 7.05 Å². The Morgan fingerprint density at radius 2 is 2.50 bits per heavy atom. The predicted molar refractivity (Wildman–Crippen MR) is 47.1 cm³/mol. The summed E-state index contributed by atoms with van der Waals surface area (Å²) in [5.74, 6) is 0. The van der Waals surface area contributed by atoms with E-state index in [4.69, 9.17) is 12.2 Å². The highest BCUT2D eigenvalue weighted by Gasteiger charge is 2.27. The van der Waals surface area contributed by atoms with Crippen LogP contribution in [0, 0.1) is 0 Å². The third-order valence-electron chi connectivity index (χ3n) is 2.09. The van der Waals surface area contributed by atoms with Crippen molar-refractivity contribution in [1.29, 1.82) is 0 Å². The molecule has 1 heterocycles. The summed E-state index contributed by atoms with van der Waals surface area (Å²) < 4.78 is 0. The Morgan fingerprint density at radius 1 is 1.80 bits per heavy atom. The fourth-order valence-electron chi connectivity index (χ4n) is 1.28. The Morgan fingerprint density at radius 3 is 2.80 bits per heavy atom. The number of nitrogens with one attached hydrogen (secondary N) is 1. The molecule has 58 valence electrons. The van der Waals surface area contributed by atoms with Crippen LogP contribution in [0.25, 0.3) is 0 Å². The lowest BCUT2D eigenvalue weighted by molar-refractivity contribution is 0.179. The first-order valence-electron chi connectivity index (χ1n) is 3.78. The summed E-state index contributed by atoms with van der Waals surface area (Å²) in [6.45, 7) is 3.34. The number of hydrogen-bond acceptors (Lipinski definition) is 1. The average molecular weight is 158 g/mol. The molecular formula is C7H14N2S. The van der Waals surface area contributed by atoms with E-state index in [2.05, 4.69) is 17.1 Å². The first-order chi connectivity index (χ1) is 4.79. The van der Waals surface area contributed by atoms with Crippen molar-refractivity contribution in [3.05, 3.63) is 0 Å². The Balaban J connectivity index is 2.35. The van der Waals surface area contributed by atoms with Gasteiger partial charge in [-0.2, -0.15) is 0 Å². The zero-order chi connectivity index (χ0) is 7.56. The van der Waals surface area contributed by atoms with Crippen molar-refractivity contribution in [3.63, 3.8) is 0 Å². The van der Waals surface area contributed by atoms with Gasteiger partial charge in [0.25, 0.3) is 0 Å². The third kappa shape index (κ3) is 1.24. The van der Waals surface area contributed by atoms with Gasteiger partial charge < -0.3 is 10.2 Å². The molecule has 0 bridgehead atoms. The lowest BCUT2D eigenvalue weighted by Crippen LogP contribution is -2.53. The van der Waals surface area contributed by atoms with E-state index in [1.165, 1.54) is 12.8 Å². The lowest BCUT2D eigenvalue weighted by Gasteiger charge is -2.42. The van der Waals surface area contributed by atoms with Crippen LogP contribution in [0.4, 0.5) is 0 Å². The topological polar surface area (TPSA) is 15.3 Å². The van der Waals surface area contributed by atoms with E-state index in [9.17, 15) is 0 Å². The second-order valence-corrected chi connectivity index (χ2v) is 2.99. The number of rotatable bonds is 1. The van der Waals surface area contributed by atoms with Gasteiger partial charge in [-0.1, -0.05) is 6.92 Å². The van der Waals surface area contributed by atoms with Gasteiger partial charge >= 0.3 is 0 Å². The predicted octanol–water partition coefficient (Wildman–Crippen LogP) is 0.975. The van der Waals surface area contributed by atoms with Crippen LogP contribution in [0.1, 0.15) is 19.8 Å². The third-order valence-corrected chi connectivity index (χ3v) is 2.53. The summed E-state index contributed by atoms with van der Waals surface area (Å²) in [7, 11) is 1.88. The number of likely N-dealkylation sites (tertiary alicyclic amines) is 1. The highest BCUT2D eigenvalue weighted by Crippen LogP contribution is 2.19. The summed E-state index contributed by atoms with van der Waals surface area (Å²) in [5.41, 5.74) is 0. The van der Waals surface area contributed by atoms with E-state index < -0.39 is 0 Å². The molecule has 0 aliphatic carbocycles. The van der Waals surface area contributed by atoms with E-state index in [-0.39, 0.29) is 0 Å². The van der Waals surface area contributed by atoms with Gasteiger partial charge in [0.2, 0.25) is 0 Å². The molecular weight excluding hydrogens is 144 g/mol. The number of nitrogens with zero attached hydrogens (tertiary/aromatic N) is 1. The molecule has 0 aromatic carbocycles. The van der Waals surface area contributed by atoms with Gasteiger partial charge in [0.1, 0.15) is 0 Å². The van der Waals surface area contributed by atoms with Crippen LogP contribution >= 0.6 is 12.2 Å². The SMILES string of the molecule is CCC1CCN1C(=S)NC. The Labute approximate surface area is 67.6 Å². The normalized spacial score (nSPS) is 23.8. The molecule has 1 saturated heterocycles. The van der Waals surface area contributed by atoms with Gasteiger partial charge in [-0.05, 0) is 25.1 Å². The highest BCUT2D eigenvalue weighted by atomic mass is 32.1. The van der Waals surface area contributed by atoms with Crippen molar-refractivity contribution < 1.29 is 0 Å². The van der Waals surface area contributed by atoms with Crippen molar-refractivity contribution in [2.75, 3.05) is 13.6 Å². The fraction of sp³-hybridized carbons (Fsp3) is 0.857. The van der Waals surface area contributed by atoms with E-state index >= 15 is 0 Å². The summed E-state index contributed by atoms with van der Waals surface area (Å²) in [4.78, 5) is 2.25. The second kappa shape index (κ2) is 3.19. The Kier molecular flexibility index (Phi) is 2.49. The molecule has 1 fully saturated rings. The molecule has 0 radical (unpaired) electrons. The zero-order valence-corrected chi connectivity index (χ0v) is 7.37. The molecule has 1 aliphatic heterocycles. The van der Waals surface area contributed by atoms with E-state index in [0.29, 0.717) is 6.04 Å². The average Bonchev–Trinajstić information content (AvgIpc) is 1.86. The van der Waals surface area contributed by atoms with Crippen LogP contribution < -0.4 is 5.32 Å². The molecule has 10 heavy (non-hydrogen) atoms. The molecule has 1 atom stereocenters. The molecule has 1 N–H and O–H groups in total. The standard InChI is InChI=1S/C7H14N2S/c1-3-6-4-5-9(6)7(10)8-2/h6H,3-5H2,1-2H3,(H,8,10). The van der Waals surface area contributed by atoms with E-state index in [1.54, 1.807) is 0 Å². The first kappa shape index (κ1) is 7.79. The molecule has 0 amide bonds. The van der Waals surface area contributed by atoms with Crippen molar-refractivity contribution in [2.45, 2.75) is 25.8 Å². The number of hydrogen-bond donors (Lipinski definition) is 1. The van der Waals surface area contributed by atoms with Crippen LogP contribution in [0.15, 0.2) is 0 Å². The maximum absolute atomic E-state index is 5.09. The van der Waals surface area contributed by atoms with Crippen molar-refractivity contribution in [3.8, 4) is 0 Å². The van der Waals surface area contributed by atoms with Crippen LogP contribution in [-0.2, 0) is 0 Å². The Bertz CT molecular complexity index is 134. The van der Waals surface area contributed by atoms with Crippen LogP contribution in [0.2, 0.25) is 0 Å². The zero-order valence-electron chi connectivity index (χ0n) is 6.55. The minimum atomic E-state index is 0.708. The van der Waals surface area contributed by atoms with Gasteiger partial charge in [0.05, 0.1) is 0 Å². The second-order valence-electron chi connectivity index (χ2n) is 2.60. The van der Waals surface area contributed by atoms with Gasteiger partial charge in [0.15, 0.2) is 5.11 Å².